The van der Waals surface area contributed by atoms with Gasteiger partial charge in [-0.15, -0.1) is 0 Å². The summed E-state index contributed by atoms with van der Waals surface area (Å²) in [5.41, 5.74) is 6.87. The predicted molar refractivity (Wildman–Crippen MR) is 80.6 cm³/mol. The summed E-state index contributed by atoms with van der Waals surface area (Å²) in [6, 6.07) is 1.62. The van der Waals surface area contributed by atoms with Crippen LogP contribution in [-0.4, -0.2) is 53.1 Å². The lowest BCUT2D eigenvalue weighted by Gasteiger charge is -2.35. The van der Waals surface area contributed by atoms with Gasteiger partial charge >= 0.3 is 0 Å². The lowest BCUT2D eigenvalue weighted by atomic mass is 10.1. The van der Waals surface area contributed by atoms with E-state index in [1.807, 2.05) is 17.9 Å². The Hall–Kier alpha value is -1.40. The van der Waals surface area contributed by atoms with Crippen LogP contribution >= 0.6 is 0 Å². The van der Waals surface area contributed by atoms with Crippen LogP contribution in [0.5, 0.6) is 0 Å². The molecule has 6 nitrogen and oxygen atoms in total. The number of nitrogens with zero attached hydrogens (tertiary/aromatic N) is 3. The van der Waals surface area contributed by atoms with E-state index in [0.29, 0.717) is 0 Å². The standard InChI is InChI=1S/C15H26N4O2/c1-3-4-5-14(16)15(20)19-8-6-18(7-9-19)11-13-10-12(2)17-21-13/h10,14H,3-9,11,16H2,1-2H3/t14-/m0/s1. The maximum Gasteiger partial charge on any atom is 0.239 e. The van der Waals surface area contributed by atoms with Crippen molar-refractivity contribution in [1.29, 1.82) is 0 Å². The van der Waals surface area contributed by atoms with Gasteiger partial charge in [-0.05, 0) is 13.3 Å². The number of hydrogen-bond donors (Lipinski definition) is 1. The minimum absolute atomic E-state index is 0.0959. The van der Waals surface area contributed by atoms with Gasteiger partial charge in [0.25, 0.3) is 0 Å². The van der Waals surface area contributed by atoms with Crippen molar-refractivity contribution < 1.29 is 9.32 Å². The van der Waals surface area contributed by atoms with Gasteiger partial charge in [0.05, 0.1) is 18.3 Å². The highest BCUT2D eigenvalue weighted by Crippen LogP contribution is 2.11. The summed E-state index contributed by atoms with van der Waals surface area (Å²) in [4.78, 5) is 16.4. The Labute approximate surface area is 126 Å². The smallest absolute Gasteiger partial charge is 0.239 e. The van der Waals surface area contributed by atoms with Gasteiger partial charge < -0.3 is 15.2 Å². The first-order valence-corrected chi connectivity index (χ1v) is 7.79. The summed E-state index contributed by atoms with van der Waals surface area (Å²) in [6.45, 7) is 7.97. The molecule has 21 heavy (non-hydrogen) atoms. The Bertz CT molecular complexity index is 452. The lowest BCUT2D eigenvalue weighted by molar-refractivity contribution is -0.134. The number of piperazine rings is 1. The summed E-state index contributed by atoms with van der Waals surface area (Å²) in [5.74, 6) is 0.977. The van der Waals surface area contributed by atoms with Crippen LogP contribution in [0.3, 0.4) is 0 Å². The molecule has 1 aromatic heterocycles. The molecular formula is C15H26N4O2. The highest BCUT2D eigenvalue weighted by molar-refractivity contribution is 5.81. The van der Waals surface area contributed by atoms with Gasteiger partial charge in [0.15, 0.2) is 5.76 Å². The molecule has 1 aliphatic rings. The number of rotatable bonds is 6. The molecule has 0 aliphatic carbocycles. The van der Waals surface area contributed by atoms with Crippen molar-refractivity contribution in [2.45, 2.75) is 45.7 Å². The van der Waals surface area contributed by atoms with Crippen LogP contribution < -0.4 is 5.73 Å². The normalized spacial score (nSPS) is 18.0. The van der Waals surface area contributed by atoms with E-state index in [4.69, 9.17) is 10.3 Å². The average molecular weight is 294 g/mol. The van der Waals surface area contributed by atoms with Gasteiger partial charge in [0, 0.05) is 32.2 Å². The van der Waals surface area contributed by atoms with E-state index in [2.05, 4.69) is 17.0 Å². The average Bonchev–Trinajstić information content (AvgIpc) is 2.90. The molecule has 1 saturated heterocycles. The van der Waals surface area contributed by atoms with Crippen molar-refractivity contribution in [3.05, 3.63) is 17.5 Å². The monoisotopic (exact) mass is 294 g/mol. The van der Waals surface area contributed by atoms with Gasteiger partial charge in [-0.25, -0.2) is 0 Å². The van der Waals surface area contributed by atoms with Gasteiger partial charge in [-0.1, -0.05) is 24.9 Å². The molecular weight excluding hydrogens is 268 g/mol. The Balaban J connectivity index is 1.76. The third kappa shape index (κ3) is 4.54. The van der Waals surface area contributed by atoms with E-state index in [1.54, 1.807) is 0 Å². The zero-order valence-corrected chi connectivity index (χ0v) is 13.0. The van der Waals surface area contributed by atoms with Crippen molar-refractivity contribution in [3.8, 4) is 0 Å². The Morgan fingerprint density at radius 1 is 1.43 bits per heavy atom. The molecule has 0 saturated carbocycles. The zero-order chi connectivity index (χ0) is 15.2. The van der Waals surface area contributed by atoms with E-state index in [1.165, 1.54) is 0 Å². The van der Waals surface area contributed by atoms with Crippen LogP contribution in [0.25, 0.3) is 0 Å². The van der Waals surface area contributed by atoms with Gasteiger partial charge in [-0.3, -0.25) is 9.69 Å². The number of aryl methyl sites for hydroxylation is 1. The fourth-order valence-electron chi connectivity index (χ4n) is 2.62. The first-order valence-electron chi connectivity index (χ1n) is 7.79. The first-order chi connectivity index (χ1) is 10.1. The van der Waals surface area contributed by atoms with E-state index in [-0.39, 0.29) is 11.9 Å². The highest BCUT2D eigenvalue weighted by atomic mass is 16.5. The van der Waals surface area contributed by atoms with Gasteiger partial charge in [-0.2, -0.15) is 0 Å². The number of carbonyl (C=O) groups excluding carboxylic acids is 1. The van der Waals surface area contributed by atoms with Crippen molar-refractivity contribution in [1.82, 2.24) is 15.0 Å². The van der Waals surface area contributed by atoms with Crippen molar-refractivity contribution in [2.24, 2.45) is 5.73 Å². The van der Waals surface area contributed by atoms with Crippen LogP contribution in [-0.2, 0) is 11.3 Å². The van der Waals surface area contributed by atoms with Crippen molar-refractivity contribution in [2.75, 3.05) is 26.2 Å². The topological polar surface area (TPSA) is 75.6 Å². The molecule has 0 unspecified atom stereocenters. The number of unbranched alkanes of at least 4 members (excludes halogenated alkanes) is 1. The summed E-state index contributed by atoms with van der Waals surface area (Å²) in [6.07, 6.45) is 2.87. The van der Waals surface area contributed by atoms with Crippen LogP contribution in [0.15, 0.2) is 10.6 Å². The summed E-state index contributed by atoms with van der Waals surface area (Å²) in [5, 5.41) is 3.89. The van der Waals surface area contributed by atoms with Crippen LogP contribution in [0.2, 0.25) is 0 Å². The minimum atomic E-state index is -0.339. The minimum Gasteiger partial charge on any atom is -0.360 e. The Morgan fingerprint density at radius 2 is 2.14 bits per heavy atom. The predicted octanol–water partition coefficient (Wildman–Crippen LogP) is 1.14. The molecule has 2 rings (SSSR count). The van der Waals surface area contributed by atoms with Gasteiger partial charge in [0.1, 0.15) is 0 Å². The van der Waals surface area contributed by atoms with E-state index in [0.717, 1.165) is 63.4 Å². The van der Waals surface area contributed by atoms with Crippen molar-refractivity contribution in [3.63, 3.8) is 0 Å². The molecule has 2 N–H and O–H groups in total. The molecule has 0 bridgehead atoms. The van der Waals surface area contributed by atoms with E-state index in [9.17, 15) is 4.79 Å². The molecule has 0 spiro atoms. The third-order valence-electron chi connectivity index (χ3n) is 3.93. The number of amides is 1. The summed E-state index contributed by atoms with van der Waals surface area (Å²) in [7, 11) is 0. The second-order valence-electron chi connectivity index (χ2n) is 5.78. The first kappa shape index (κ1) is 16.0. The van der Waals surface area contributed by atoms with Crippen LogP contribution in [0.1, 0.15) is 37.6 Å². The number of carbonyl (C=O) groups is 1. The zero-order valence-electron chi connectivity index (χ0n) is 13.0. The van der Waals surface area contributed by atoms with Crippen molar-refractivity contribution >= 4 is 5.91 Å². The summed E-state index contributed by atoms with van der Waals surface area (Å²) >= 11 is 0. The lowest BCUT2D eigenvalue weighted by Crippen LogP contribution is -2.52. The molecule has 0 aromatic carbocycles. The van der Waals surface area contributed by atoms with Crippen LogP contribution in [0.4, 0.5) is 0 Å². The Morgan fingerprint density at radius 3 is 2.71 bits per heavy atom. The Kier molecular flexibility index (Phi) is 5.76. The quantitative estimate of drug-likeness (QED) is 0.851. The van der Waals surface area contributed by atoms with Crippen LogP contribution in [0, 0.1) is 6.92 Å². The second kappa shape index (κ2) is 7.56. The molecule has 118 valence electrons. The second-order valence-corrected chi connectivity index (χ2v) is 5.78. The number of hydrogen-bond acceptors (Lipinski definition) is 5. The molecule has 1 aliphatic heterocycles. The maximum absolute atomic E-state index is 12.2. The summed E-state index contributed by atoms with van der Waals surface area (Å²) < 4.78 is 5.23. The fraction of sp³-hybridized carbons (Fsp3) is 0.733. The fourth-order valence-corrected chi connectivity index (χ4v) is 2.62. The molecule has 1 aromatic rings. The largest absolute Gasteiger partial charge is 0.360 e. The molecule has 0 radical (unpaired) electrons. The van der Waals surface area contributed by atoms with E-state index >= 15 is 0 Å². The molecule has 6 heteroatoms. The molecule has 1 atom stereocenters. The molecule has 1 amide bonds. The third-order valence-corrected chi connectivity index (χ3v) is 3.93. The molecule has 1 fully saturated rings. The number of nitrogens with two attached hydrogens (primary N) is 1. The number of aromatic nitrogens is 1. The van der Waals surface area contributed by atoms with Gasteiger partial charge in [0.2, 0.25) is 5.91 Å². The highest BCUT2D eigenvalue weighted by Gasteiger charge is 2.25. The maximum atomic E-state index is 12.2. The SMILES string of the molecule is CCCC[C@H](N)C(=O)N1CCN(Cc2cc(C)no2)CC1. The van der Waals surface area contributed by atoms with E-state index < -0.39 is 0 Å². The molecule has 2 heterocycles.